The van der Waals surface area contributed by atoms with E-state index in [1.807, 2.05) is 0 Å². The van der Waals surface area contributed by atoms with E-state index in [9.17, 15) is 9.59 Å². The molecule has 3 amide bonds. The summed E-state index contributed by atoms with van der Waals surface area (Å²) in [6, 6.07) is -0.896. The van der Waals surface area contributed by atoms with Gasteiger partial charge in [-0.3, -0.25) is 10.1 Å². The van der Waals surface area contributed by atoms with Crippen molar-refractivity contribution < 1.29 is 14.7 Å². The van der Waals surface area contributed by atoms with E-state index in [4.69, 9.17) is 5.11 Å². The lowest BCUT2D eigenvalue weighted by atomic mass is 10.2. The summed E-state index contributed by atoms with van der Waals surface area (Å²) in [6.45, 7) is 0.0413. The minimum absolute atomic E-state index is 0.0413. The molecule has 3 N–H and O–H groups in total. The molecule has 5 nitrogen and oxygen atoms in total. The van der Waals surface area contributed by atoms with Crippen LogP contribution in [-0.4, -0.2) is 29.7 Å². The number of hydrogen-bond donors (Lipinski definition) is 3. The van der Waals surface area contributed by atoms with Crippen LogP contribution in [0.2, 0.25) is 0 Å². The van der Waals surface area contributed by atoms with E-state index in [0.717, 1.165) is 0 Å². The van der Waals surface area contributed by atoms with Gasteiger partial charge in [0.1, 0.15) is 6.04 Å². The number of nitrogens with one attached hydrogen (secondary N) is 2. The van der Waals surface area contributed by atoms with Crippen LogP contribution >= 0.6 is 0 Å². The van der Waals surface area contributed by atoms with E-state index in [1.165, 1.54) is 0 Å². The van der Waals surface area contributed by atoms with Gasteiger partial charge in [-0.2, -0.15) is 0 Å². The average molecular weight is 158 g/mol. The highest BCUT2D eigenvalue weighted by Crippen LogP contribution is 2.00. The number of imide groups is 1. The topological polar surface area (TPSA) is 78.4 Å². The third kappa shape index (κ3) is 1.91. The van der Waals surface area contributed by atoms with Crippen LogP contribution in [0.4, 0.5) is 4.79 Å². The molecular formula is C6H10N2O3. The molecule has 1 fully saturated rings. The highest BCUT2D eigenvalue weighted by Gasteiger charge is 2.28. The summed E-state index contributed by atoms with van der Waals surface area (Å²) in [6.07, 6.45) is 1.02. The van der Waals surface area contributed by atoms with E-state index >= 15 is 0 Å². The second-order valence-electron chi connectivity index (χ2n) is 2.38. The molecule has 1 heterocycles. The molecule has 0 radical (unpaired) electrons. The average Bonchev–Trinajstić information content (AvgIpc) is 2.26. The molecule has 0 aromatic rings. The Labute approximate surface area is 63.8 Å². The Morgan fingerprint density at radius 2 is 2.18 bits per heavy atom. The number of carbonyl (C=O) groups excluding carboxylic acids is 2. The minimum atomic E-state index is -0.449. The lowest BCUT2D eigenvalue weighted by Crippen LogP contribution is -2.28. The molecule has 1 aliphatic heterocycles. The molecule has 0 aromatic heterocycles. The van der Waals surface area contributed by atoms with E-state index in [2.05, 4.69) is 10.6 Å². The van der Waals surface area contributed by atoms with Crippen molar-refractivity contribution in [2.45, 2.75) is 18.9 Å². The Morgan fingerprint density at radius 1 is 1.45 bits per heavy atom. The standard InChI is InChI=1S/C6H10N2O3/c9-3-1-2-4-5(10)8-6(11)7-4/h4,9H,1-3H2,(H2,7,8,10,11)/t4-/m1/s1. The first-order valence-electron chi connectivity index (χ1n) is 3.46. The van der Waals surface area contributed by atoms with Gasteiger partial charge in [0.2, 0.25) is 0 Å². The zero-order valence-electron chi connectivity index (χ0n) is 5.96. The molecule has 0 aliphatic carbocycles. The highest BCUT2D eigenvalue weighted by molar-refractivity contribution is 6.04. The first kappa shape index (κ1) is 8.00. The van der Waals surface area contributed by atoms with Crippen LogP contribution in [0.5, 0.6) is 0 Å². The van der Waals surface area contributed by atoms with Gasteiger partial charge in [0.05, 0.1) is 0 Å². The molecule has 0 spiro atoms. The monoisotopic (exact) mass is 158 g/mol. The maximum atomic E-state index is 10.8. The molecule has 0 unspecified atom stereocenters. The van der Waals surface area contributed by atoms with Crippen molar-refractivity contribution in [1.82, 2.24) is 10.6 Å². The third-order valence-corrected chi connectivity index (χ3v) is 1.51. The van der Waals surface area contributed by atoms with Crippen molar-refractivity contribution in [1.29, 1.82) is 0 Å². The molecule has 5 heteroatoms. The predicted octanol–water partition coefficient (Wildman–Crippen LogP) is -1.03. The number of amides is 3. The van der Waals surface area contributed by atoms with Crippen LogP contribution in [0.15, 0.2) is 0 Å². The second-order valence-corrected chi connectivity index (χ2v) is 2.38. The fourth-order valence-electron chi connectivity index (χ4n) is 0.958. The van der Waals surface area contributed by atoms with Gasteiger partial charge in [0.15, 0.2) is 0 Å². The first-order valence-corrected chi connectivity index (χ1v) is 3.46. The molecule has 11 heavy (non-hydrogen) atoms. The predicted molar refractivity (Wildman–Crippen MR) is 36.8 cm³/mol. The van der Waals surface area contributed by atoms with Crippen molar-refractivity contribution in [3.05, 3.63) is 0 Å². The molecule has 0 bridgehead atoms. The summed E-state index contributed by atoms with van der Waals surface area (Å²) in [5.74, 6) is -0.302. The fraction of sp³-hybridized carbons (Fsp3) is 0.667. The number of aliphatic hydroxyl groups excluding tert-OH is 1. The van der Waals surface area contributed by atoms with Crippen LogP contribution in [0, 0.1) is 0 Å². The number of rotatable bonds is 3. The highest BCUT2D eigenvalue weighted by atomic mass is 16.3. The zero-order chi connectivity index (χ0) is 8.27. The number of urea groups is 1. The molecule has 0 aromatic carbocycles. The number of aliphatic hydroxyl groups is 1. The Morgan fingerprint density at radius 3 is 2.64 bits per heavy atom. The van der Waals surface area contributed by atoms with Crippen molar-refractivity contribution in [3.8, 4) is 0 Å². The Hall–Kier alpha value is -1.10. The van der Waals surface area contributed by atoms with Gasteiger partial charge in [-0.15, -0.1) is 0 Å². The molecule has 0 saturated carbocycles. The van der Waals surface area contributed by atoms with E-state index in [1.54, 1.807) is 0 Å². The van der Waals surface area contributed by atoms with Gasteiger partial charge in [-0.25, -0.2) is 4.79 Å². The SMILES string of the molecule is O=C1NC(=O)[C@@H](CCCO)N1. The molecular weight excluding hydrogens is 148 g/mol. The third-order valence-electron chi connectivity index (χ3n) is 1.51. The first-order chi connectivity index (χ1) is 5.24. The van der Waals surface area contributed by atoms with Crippen molar-refractivity contribution in [3.63, 3.8) is 0 Å². The summed E-state index contributed by atoms with van der Waals surface area (Å²) in [5.41, 5.74) is 0. The second kappa shape index (κ2) is 3.34. The van der Waals surface area contributed by atoms with Gasteiger partial charge in [-0.05, 0) is 12.8 Å². The normalized spacial score (nSPS) is 23.2. The van der Waals surface area contributed by atoms with Crippen LogP contribution in [0.25, 0.3) is 0 Å². The summed E-state index contributed by atoms with van der Waals surface area (Å²) in [5, 5.41) is 13.0. The fourth-order valence-corrected chi connectivity index (χ4v) is 0.958. The van der Waals surface area contributed by atoms with Gasteiger partial charge in [-0.1, -0.05) is 0 Å². The van der Waals surface area contributed by atoms with Crippen molar-refractivity contribution >= 4 is 11.9 Å². The van der Waals surface area contributed by atoms with E-state index in [0.29, 0.717) is 12.8 Å². The smallest absolute Gasteiger partial charge is 0.322 e. The lowest BCUT2D eigenvalue weighted by molar-refractivity contribution is -0.120. The van der Waals surface area contributed by atoms with Crippen LogP contribution in [0.1, 0.15) is 12.8 Å². The quantitative estimate of drug-likeness (QED) is 0.459. The van der Waals surface area contributed by atoms with Crippen LogP contribution in [-0.2, 0) is 4.79 Å². The summed E-state index contributed by atoms with van der Waals surface area (Å²) >= 11 is 0. The maximum absolute atomic E-state index is 10.8. The maximum Gasteiger partial charge on any atom is 0.322 e. The van der Waals surface area contributed by atoms with Gasteiger partial charge < -0.3 is 10.4 Å². The van der Waals surface area contributed by atoms with Crippen LogP contribution in [0.3, 0.4) is 0 Å². The number of hydrogen-bond acceptors (Lipinski definition) is 3. The van der Waals surface area contributed by atoms with Gasteiger partial charge in [0.25, 0.3) is 5.91 Å². The summed E-state index contributed by atoms with van der Waals surface area (Å²) < 4.78 is 0. The van der Waals surface area contributed by atoms with Gasteiger partial charge in [0, 0.05) is 6.61 Å². The summed E-state index contributed by atoms with van der Waals surface area (Å²) in [7, 11) is 0. The zero-order valence-corrected chi connectivity index (χ0v) is 5.96. The molecule has 1 saturated heterocycles. The molecule has 1 atom stereocenters. The molecule has 62 valence electrons. The van der Waals surface area contributed by atoms with Crippen LogP contribution < -0.4 is 10.6 Å². The lowest BCUT2D eigenvalue weighted by Gasteiger charge is -2.03. The van der Waals surface area contributed by atoms with E-state index < -0.39 is 12.1 Å². The Kier molecular flexibility index (Phi) is 2.43. The van der Waals surface area contributed by atoms with Gasteiger partial charge >= 0.3 is 6.03 Å². The molecule has 1 rings (SSSR count). The Balaban J connectivity index is 2.34. The van der Waals surface area contributed by atoms with Crippen molar-refractivity contribution in [2.75, 3.05) is 6.61 Å². The van der Waals surface area contributed by atoms with E-state index in [-0.39, 0.29) is 12.5 Å². The number of carbonyl (C=O) groups is 2. The molecule has 1 aliphatic rings. The largest absolute Gasteiger partial charge is 0.396 e. The summed E-state index contributed by atoms with van der Waals surface area (Å²) in [4.78, 5) is 21.3. The Bertz CT molecular complexity index is 181. The minimum Gasteiger partial charge on any atom is -0.396 e. The van der Waals surface area contributed by atoms with Crippen molar-refractivity contribution in [2.24, 2.45) is 0 Å².